The number of carbonyl (C=O) groups is 1. The number of carbonyl (C=O) groups excluding carboxylic acids is 1. The quantitative estimate of drug-likeness (QED) is 0.477. The zero-order chi connectivity index (χ0) is 19.7. The van der Waals surface area contributed by atoms with E-state index in [0.29, 0.717) is 25.8 Å². The smallest absolute Gasteiger partial charge is 0.418 e. The summed E-state index contributed by atoms with van der Waals surface area (Å²) >= 11 is 5.70. The average Bonchev–Trinajstić information content (AvgIpc) is 2.62. The van der Waals surface area contributed by atoms with Gasteiger partial charge in [0.05, 0.1) is 11.3 Å². The van der Waals surface area contributed by atoms with Crippen LogP contribution >= 0.6 is 11.6 Å². The molecule has 0 fully saturated rings. The van der Waals surface area contributed by atoms with E-state index in [0.717, 1.165) is 17.7 Å². The molecule has 0 atom stereocenters. The lowest BCUT2D eigenvalue weighted by Crippen LogP contribution is -2.25. The maximum absolute atomic E-state index is 12.9. The predicted molar refractivity (Wildman–Crippen MR) is 96.4 cm³/mol. The van der Waals surface area contributed by atoms with Crippen molar-refractivity contribution in [2.24, 2.45) is 0 Å². The Balaban J connectivity index is 1.65. The third-order valence-corrected chi connectivity index (χ3v) is 4.03. The normalized spacial score (nSPS) is 11.3. The molecule has 2 aromatic rings. The molecule has 8 heteroatoms. The summed E-state index contributed by atoms with van der Waals surface area (Å²) in [5, 5.41) is 2.66. The molecule has 1 aromatic heterocycles. The van der Waals surface area contributed by atoms with Crippen molar-refractivity contribution in [3.05, 3.63) is 64.4 Å². The second-order valence-electron chi connectivity index (χ2n) is 5.93. The number of hydrogen-bond acceptors (Lipinski definition) is 3. The van der Waals surface area contributed by atoms with E-state index < -0.39 is 17.8 Å². The number of aromatic nitrogens is 1. The highest BCUT2D eigenvalue weighted by Crippen LogP contribution is 2.32. The van der Waals surface area contributed by atoms with Gasteiger partial charge in [0.2, 0.25) is 0 Å². The molecule has 146 valence electrons. The van der Waals surface area contributed by atoms with Gasteiger partial charge in [0.25, 0.3) is 0 Å². The summed E-state index contributed by atoms with van der Waals surface area (Å²) in [5.74, 6) is 0. The number of alkyl carbamates (subject to hydrolysis) is 1. The molecule has 4 nitrogen and oxygen atoms in total. The van der Waals surface area contributed by atoms with E-state index in [-0.39, 0.29) is 23.9 Å². The Morgan fingerprint density at radius 3 is 2.52 bits per heavy atom. The molecule has 0 aliphatic rings. The van der Waals surface area contributed by atoms with Gasteiger partial charge in [-0.05, 0) is 37.0 Å². The summed E-state index contributed by atoms with van der Waals surface area (Å²) in [7, 11) is 0. The van der Waals surface area contributed by atoms with Crippen LogP contribution in [0.25, 0.3) is 0 Å². The van der Waals surface area contributed by atoms with Crippen LogP contribution in [-0.4, -0.2) is 17.6 Å². The molecule has 0 radical (unpaired) electrons. The Bertz CT molecular complexity index is 739. The summed E-state index contributed by atoms with van der Waals surface area (Å²) in [5.41, 5.74) is 0.0851. The van der Waals surface area contributed by atoms with Gasteiger partial charge in [-0.3, -0.25) is 0 Å². The Labute approximate surface area is 160 Å². The van der Waals surface area contributed by atoms with Crippen LogP contribution in [-0.2, 0) is 23.9 Å². The fourth-order valence-corrected chi connectivity index (χ4v) is 2.65. The highest BCUT2D eigenvalue weighted by atomic mass is 35.5. The van der Waals surface area contributed by atoms with E-state index in [2.05, 4.69) is 10.3 Å². The molecule has 0 aliphatic heterocycles. The first-order valence-electron chi connectivity index (χ1n) is 8.53. The summed E-state index contributed by atoms with van der Waals surface area (Å²) in [4.78, 5) is 15.4. The van der Waals surface area contributed by atoms with Gasteiger partial charge in [0.1, 0.15) is 11.8 Å². The summed E-state index contributed by atoms with van der Waals surface area (Å²) in [6.07, 6.45) is -3.01. The maximum Gasteiger partial charge on any atom is 0.418 e. The Morgan fingerprint density at radius 2 is 1.81 bits per heavy atom. The molecule has 0 saturated heterocycles. The van der Waals surface area contributed by atoms with Gasteiger partial charge in [0.15, 0.2) is 0 Å². The zero-order valence-electron chi connectivity index (χ0n) is 14.6. The van der Waals surface area contributed by atoms with E-state index in [1.165, 1.54) is 0 Å². The zero-order valence-corrected chi connectivity index (χ0v) is 15.3. The second-order valence-corrected chi connectivity index (χ2v) is 6.31. The average molecular weight is 401 g/mol. The lowest BCUT2D eigenvalue weighted by Gasteiger charge is -2.12. The number of ether oxygens (including phenoxy) is 1. The van der Waals surface area contributed by atoms with Crippen molar-refractivity contribution < 1.29 is 22.7 Å². The molecule has 0 aliphatic carbocycles. The van der Waals surface area contributed by atoms with Crippen molar-refractivity contribution in [1.29, 1.82) is 0 Å². The molecule has 1 amide bonds. The van der Waals surface area contributed by atoms with Gasteiger partial charge in [-0.1, -0.05) is 48.4 Å². The molecule has 0 saturated carbocycles. The highest BCUT2D eigenvalue weighted by molar-refractivity contribution is 6.29. The number of alkyl halides is 3. The van der Waals surface area contributed by atoms with Crippen molar-refractivity contribution >= 4 is 17.7 Å². The van der Waals surface area contributed by atoms with Crippen molar-refractivity contribution in [1.82, 2.24) is 10.3 Å². The number of hydrogen-bond donors (Lipinski definition) is 1. The fourth-order valence-electron chi connectivity index (χ4n) is 2.48. The van der Waals surface area contributed by atoms with Crippen LogP contribution in [0, 0.1) is 0 Å². The highest BCUT2D eigenvalue weighted by Gasteiger charge is 2.33. The van der Waals surface area contributed by atoms with Gasteiger partial charge < -0.3 is 10.1 Å². The SMILES string of the molecule is O=C(NCCCCCc1nc(Cl)ccc1C(F)(F)F)OCc1ccccc1. The maximum atomic E-state index is 12.9. The number of halogens is 4. The number of pyridine rings is 1. The number of unbranched alkanes of at least 4 members (excludes halogenated alkanes) is 2. The Kier molecular flexibility index (Phi) is 7.91. The summed E-state index contributed by atoms with van der Waals surface area (Å²) in [6.45, 7) is 0.579. The van der Waals surface area contributed by atoms with Gasteiger partial charge in [-0.2, -0.15) is 13.2 Å². The van der Waals surface area contributed by atoms with Crippen LogP contribution in [0.1, 0.15) is 36.1 Å². The predicted octanol–water partition coefficient (Wildman–Crippen LogP) is 5.39. The minimum atomic E-state index is -4.45. The van der Waals surface area contributed by atoms with E-state index in [1.807, 2.05) is 30.3 Å². The minimum absolute atomic E-state index is 0.0424. The lowest BCUT2D eigenvalue weighted by atomic mass is 10.1. The van der Waals surface area contributed by atoms with Crippen LogP contribution in [0.5, 0.6) is 0 Å². The molecule has 0 spiro atoms. The molecular formula is C19H20ClF3N2O2. The van der Waals surface area contributed by atoms with E-state index in [9.17, 15) is 18.0 Å². The largest absolute Gasteiger partial charge is 0.445 e. The first kappa shape index (κ1) is 21.0. The lowest BCUT2D eigenvalue weighted by molar-refractivity contribution is -0.138. The van der Waals surface area contributed by atoms with Crippen LogP contribution in [0.4, 0.5) is 18.0 Å². The van der Waals surface area contributed by atoms with Crippen molar-refractivity contribution in [3.8, 4) is 0 Å². The van der Waals surface area contributed by atoms with Crippen LogP contribution in [0.15, 0.2) is 42.5 Å². The molecule has 27 heavy (non-hydrogen) atoms. The number of nitrogens with zero attached hydrogens (tertiary/aromatic N) is 1. The summed E-state index contributed by atoms with van der Waals surface area (Å²) < 4.78 is 43.9. The molecule has 2 rings (SSSR count). The van der Waals surface area contributed by atoms with E-state index >= 15 is 0 Å². The molecular weight excluding hydrogens is 381 g/mol. The molecule has 0 unspecified atom stereocenters. The monoisotopic (exact) mass is 400 g/mol. The molecule has 1 aromatic carbocycles. The van der Waals surface area contributed by atoms with E-state index in [4.69, 9.17) is 16.3 Å². The van der Waals surface area contributed by atoms with Crippen molar-refractivity contribution in [2.75, 3.05) is 6.54 Å². The number of nitrogens with one attached hydrogen (secondary N) is 1. The van der Waals surface area contributed by atoms with Crippen LogP contribution < -0.4 is 5.32 Å². The third kappa shape index (κ3) is 7.46. The van der Waals surface area contributed by atoms with Crippen LogP contribution in [0.2, 0.25) is 5.15 Å². The van der Waals surface area contributed by atoms with Gasteiger partial charge >= 0.3 is 12.3 Å². The topological polar surface area (TPSA) is 51.2 Å². The van der Waals surface area contributed by atoms with Crippen molar-refractivity contribution in [2.45, 2.75) is 38.5 Å². The van der Waals surface area contributed by atoms with Gasteiger partial charge in [-0.25, -0.2) is 9.78 Å². The van der Waals surface area contributed by atoms with Crippen LogP contribution in [0.3, 0.4) is 0 Å². The molecule has 1 heterocycles. The second kappa shape index (κ2) is 10.2. The van der Waals surface area contributed by atoms with Gasteiger partial charge in [0, 0.05) is 6.54 Å². The Morgan fingerprint density at radius 1 is 1.07 bits per heavy atom. The van der Waals surface area contributed by atoms with Crippen molar-refractivity contribution in [3.63, 3.8) is 0 Å². The third-order valence-electron chi connectivity index (χ3n) is 3.82. The first-order valence-corrected chi connectivity index (χ1v) is 8.91. The minimum Gasteiger partial charge on any atom is -0.445 e. The fraction of sp³-hybridized carbons (Fsp3) is 0.368. The van der Waals surface area contributed by atoms with E-state index in [1.54, 1.807) is 0 Å². The van der Waals surface area contributed by atoms with Gasteiger partial charge in [-0.15, -0.1) is 0 Å². The number of aryl methyl sites for hydroxylation is 1. The summed E-state index contributed by atoms with van der Waals surface area (Å²) in [6, 6.07) is 11.4. The Hall–Kier alpha value is -2.28. The molecule has 1 N–H and O–H groups in total. The molecule has 0 bridgehead atoms. The number of benzene rings is 1. The first-order chi connectivity index (χ1) is 12.9. The number of amides is 1. The standard InChI is InChI=1S/C19H20ClF3N2O2/c20-17-11-10-15(19(21,22)23)16(25-17)9-5-2-6-12-24-18(26)27-13-14-7-3-1-4-8-14/h1,3-4,7-8,10-11H,2,5-6,9,12-13H2,(H,24,26). The number of rotatable bonds is 8.